The zero-order chi connectivity index (χ0) is 26.0. The molecule has 2 nitrogen and oxygen atoms in total. The zero-order valence-corrected chi connectivity index (χ0v) is 21.9. The number of rotatable bonds is 6. The van der Waals surface area contributed by atoms with E-state index in [0.717, 1.165) is 3.57 Å². The van der Waals surface area contributed by atoms with E-state index < -0.39 is 36.7 Å². The van der Waals surface area contributed by atoms with Crippen LogP contribution in [0, 0.1) is 15.2 Å². The van der Waals surface area contributed by atoms with Gasteiger partial charge >= 0.3 is 0 Å². The molecule has 0 aromatic heterocycles. The first-order valence-corrected chi connectivity index (χ1v) is 12.9. The molecule has 4 aromatic carbocycles. The van der Waals surface area contributed by atoms with Crippen LogP contribution in [-0.4, -0.2) is 13.2 Å². The molecule has 0 atom stereocenters. The van der Waals surface area contributed by atoms with Crippen LogP contribution in [0.25, 0.3) is 11.1 Å². The number of benzene rings is 4. The van der Waals surface area contributed by atoms with E-state index in [2.05, 4.69) is 22.6 Å². The molecule has 7 heteroatoms. The van der Waals surface area contributed by atoms with E-state index >= 15 is 8.78 Å². The van der Waals surface area contributed by atoms with Crippen molar-refractivity contribution in [1.82, 2.24) is 0 Å². The lowest BCUT2D eigenvalue weighted by atomic mass is 9.91. The molecular weight excluding hydrogens is 595 g/mol. The monoisotopic (exact) mass is 618 g/mol. The van der Waals surface area contributed by atoms with Gasteiger partial charge in [-0.2, -0.15) is 0 Å². The minimum atomic E-state index is -1.44. The van der Waals surface area contributed by atoms with Crippen molar-refractivity contribution in [3.8, 4) is 11.1 Å². The SMILES string of the molecule is FCc1cccc(C2(c3cccc(CF)c3)OCC(c3ccc(-c4ccc(I)cc4)c(F)c3F)CO2)c1. The van der Waals surface area contributed by atoms with E-state index in [1.807, 2.05) is 12.1 Å². The zero-order valence-electron chi connectivity index (χ0n) is 19.7. The van der Waals surface area contributed by atoms with Crippen LogP contribution in [0.2, 0.25) is 0 Å². The van der Waals surface area contributed by atoms with Gasteiger partial charge in [-0.1, -0.05) is 60.7 Å². The summed E-state index contributed by atoms with van der Waals surface area (Å²) in [6.07, 6.45) is 0. The summed E-state index contributed by atoms with van der Waals surface area (Å²) >= 11 is 2.15. The van der Waals surface area contributed by atoms with Gasteiger partial charge < -0.3 is 9.47 Å². The van der Waals surface area contributed by atoms with Gasteiger partial charge in [0.1, 0.15) is 13.3 Å². The van der Waals surface area contributed by atoms with Crippen LogP contribution in [0.15, 0.2) is 84.9 Å². The highest BCUT2D eigenvalue weighted by Gasteiger charge is 2.42. The second-order valence-corrected chi connectivity index (χ2v) is 10.2. The average molecular weight is 618 g/mol. The Morgan fingerprint density at radius 2 is 1.30 bits per heavy atom. The van der Waals surface area contributed by atoms with Gasteiger partial charge in [-0.15, -0.1) is 0 Å². The van der Waals surface area contributed by atoms with E-state index in [1.54, 1.807) is 72.8 Å². The van der Waals surface area contributed by atoms with E-state index in [9.17, 15) is 8.78 Å². The standard InChI is InChI=1S/C30H23F4IO2/c31-15-19-3-1-5-23(13-19)30(24-6-2-4-20(14-24)16-32)36-17-22(18-37-30)27-12-11-26(28(33)29(27)34)21-7-9-25(35)10-8-21/h1-14,22H,15-18H2. The van der Waals surface area contributed by atoms with E-state index in [0.29, 0.717) is 27.8 Å². The predicted molar refractivity (Wildman–Crippen MR) is 142 cm³/mol. The highest BCUT2D eigenvalue weighted by molar-refractivity contribution is 14.1. The summed E-state index contributed by atoms with van der Waals surface area (Å²) < 4.78 is 70.8. The number of halogens is 5. The Morgan fingerprint density at radius 3 is 1.84 bits per heavy atom. The molecule has 5 rings (SSSR count). The summed E-state index contributed by atoms with van der Waals surface area (Å²) in [5, 5.41) is 0. The van der Waals surface area contributed by atoms with Gasteiger partial charge in [-0.25, -0.2) is 17.6 Å². The topological polar surface area (TPSA) is 18.5 Å². The first-order valence-electron chi connectivity index (χ1n) is 11.8. The third kappa shape index (κ3) is 5.04. The van der Waals surface area contributed by atoms with Crippen molar-refractivity contribution in [3.05, 3.63) is 128 Å². The molecule has 0 amide bonds. The third-order valence-corrected chi connectivity index (χ3v) is 7.32. The fourth-order valence-electron chi connectivity index (χ4n) is 4.66. The number of hydrogen-bond donors (Lipinski definition) is 0. The Morgan fingerprint density at radius 1 is 0.730 bits per heavy atom. The molecule has 190 valence electrons. The summed E-state index contributed by atoms with van der Waals surface area (Å²) in [4.78, 5) is 0. The molecule has 1 aliphatic heterocycles. The van der Waals surface area contributed by atoms with Gasteiger partial charge in [0.05, 0.1) is 13.2 Å². The lowest BCUT2D eigenvalue weighted by Crippen LogP contribution is -2.42. The van der Waals surface area contributed by atoms with Crippen LogP contribution in [0.1, 0.15) is 33.7 Å². The largest absolute Gasteiger partial charge is 0.341 e. The van der Waals surface area contributed by atoms with Crippen LogP contribution < -0.4 is 0 Å². The Hall–Kier alpha value is -2.75. The highest BCUT2D eigenvalue weighted by Crippen LogP contribution is 2.42. The Bertz CT molecular complexity index is 1350. The lowest BCUT2D eigenvalue weighted by molar-refractivity contribution is -0.256. The van der Waals surface area contributed by atoms with E-state index in [-0.39, 0.29) is 24.3 Å². The normalized spacial score (nSPS) is 15.6. The maximum absolute atomic E-state index is 15.3. The molecule has 0 N–H and O–H groups in total. The van der Waals surface area contributed by atoms with Crippen molar-refractivity contribution in [2.75, 3.05) is 13.2 Å². The minimum absolute atomic E-state index is 0.0128. The van der Waals surface area contributed by atoms with Crippen LogP contribution in [0.3, 0.4) is 0 Å². The molecule has 1 fully saturated rings. The van der Waals surface area contributed by atoms with Gasteiger partial charge in [0, 0.05) is 26.2 Å². The van der Waals surface area contributed by atoms with Crippen molar-refractivity contribution in [1.29, 1.82) is 0 Å². The smallest absolute Gasteiger partial charge is 0.222 e. The summed E-state index contributed by atoms with van der Waals surface area (Å²) in [7, 11) is 0. The molecule has 1 saturated heterocycles. The highest BCUT2D eigenvalue weighted by atomic mass is 127. The Kier molecular flexibility index (Phi) is 7.65. The third-order valence-electron chi connectivity index (χ3n) is 6.61. The number of alkyl halides is 2. The van der Waals surface area contributed by atoms with Gasteiger partial charge in [0.15, 0.2) is 11.6 Å². The summed E-state index contributed by atoms with van der Waals surface area (Å²) in [5.41, 5.74) is 2.86. The second kappa shape index (κ2) is 10.9. The minimum Gasteiger partial charge on any atom is -0.341 e. The first-order chi connectivity index (χ1) is 17.9. The molecule has 0 unspecified atom stereocenters. The van der Waals surface area contributed by atoms with E-state index in [1.165, 1.54) is 0 Å². The van der Waals surface area contributed by atoms with Crippen molar-refractivity contribution < 1.29 is 27.0 Å². The molecule has 1 heterocycles. The first kappa shape index (κ1) is 25.9. The summed E-state index contributed by atoms with van der Waals surface area (Å²) in [6.45, 7) is -1.32. The van der Waals surface area contributed by atoms with Crippen molar-refractivity contribution in [3.63, 3.8) is 0 Å². The van der Waals surface area contributed by atoms with Crippen LogP contribution in [-0.2, 0) is 28.6 Å². The van der Waals surface area contributed by atoms with Crippen molar-refractivity contribution in [2.45, 2.75) is 25.1 Å². The Labute approximate surface area is 226 Å². The molecule has 0 aliphatic carbocycles. The lowest BCUT2D eigenvalue weighted by Gasteiger charge is -2.41. The van der Waals surface area contributed by atoms with Crippen molar-refractivity contribution >= 4 is 22.6 Å². The summed E-state index contributed by atoms with van der Waals surface area (Å²) in [6, 6.07) is 23.7. The van der Waals surface area contributed by atoms with Gasteiger partial charge in [-0.05, 0) is 69.1 Å². The van der Waals surface area contributed by atoms with Gasteiger partial charge in [0.2, 0.25) is 5.79 Å². The molecule has 0 bridgehead atoms. The van der Waals surface area contributed by atoms with Crippen LogP contribution >= 0.6 is 22.6 Å². The number of hydrogen-bond acceptors (Lipinski definition) is 2. The maximum atomic E-state index is 15.3. The second-order valence-electron chi connectivity index (χ2n) is 8.94. The van der Waals surface area contributed by atoms with Crippen LogP contribution in [0.4, 0.5) is 17.6 Å². The quantitative estimate of drug-likeness (QED) is 0.160. The maximum Gasteiger partial charge on any atom is 0.222 e. The molecule has 1 aliphatic rings. The van der Waals surface area contributed by atoms with Crippen molar-refractivity contribution in [2.24, 2.45) is 0 Å². The molecular formula is C30H23F4IO2. The molecule has 0 radical (unpaired) electrons. The average Bonchev–Trinajstić information content (AvgIpc) is 2.95. The van der Waals surface area contributed by atoms with Gasteiger partial charge in [0.25, 0.3) is 0 Å². The number of ether oxygens (including phenoxy) is 2. The molecule has 37 heavy (non-hydrogen) atoms. The van der Waals surface area contributed by atoms with Crippen LogP contribution in [0.5, 0.6) is 0 Å². The molecule has 4 aromatic rings. The molecule has 0 spiro atoms. The fourth-order valence-corrected chi connectivity index (χ4v) is 5.02. The summed E-state index contributed by atoms with van der Waals surface area (Å²) in [5.74, 6) is -3.90. The Balaban J connectivity index is 1.48. The van der Waals surface area contributed by atoms with E-state index in [4.69, 9.17) is 9.47 Å². The fraction of sp³-hybridized carbons (Fsp3) is 0.200. The van der Waals surface area contributed by atoms with Gasteiger partial charge in [-0.3, -0.25) is 0 Å². The molecule has 0 saturated carbocycles. The predicted octanol–water partition coefficient (Wildman–Crippen LogP) is 8.21.